The van der Waals surface area contributed by atoms with Gasteiger partial charge in [0.2, 0.25) is 0 Å². The fourth-order valence-electron chi connectivity index (χ4n) is 0.296. The molecule has 1 aliphatic rings. The fraction of sp³-hybridized carbons (Fsp3) is 0.500. The first-order valence-corrected chi connectivity index (χ1v) is 2.98. The number of carbonyl (C=O) groups is 1. The van der Waals surface area contributed by atoms with Crippen LogP contribution in [0.1, 0.15) is 0 Å². The molecule has 0 aromatic heterocycles. The van der Waals surface area contributed by atoms with Crippen LogP contribution in [0.5, 0.6) is 0 Å². The summed E-state index contributed by atoms with van der Waals surface area (Å²) >= 11 is -1.61. The van der Waals surface area contributed by atoms with Gasteiger partial charge in [-0.25, -0.2) is 4.21 Å². The van der Waals surface area contributed by atoms with Gasteiger partial charge in [0, 0.05) is 0 Å². The summed E-state index contributed by atoms with van der Waals surface area (Å²) in [6.45, 7) is -0.00819. The summed E-state index contributed by atoms with van der Waals surface area (Å²) in [5.41, 5.74) is 0. The number of nitrogens with zero attached hydrogens (tertiary/aromatic N) is 2. The van der Waals surface area contributed by atoms with Crippen molar-refractivity contribution in [3.63, 3.8) is 0 Å². The molecule has 1 N–H and O–H groups in total. The first-order valence-electron chi connectivity index (χ1n) is 1.88. The Bertz CT molecular complexity index is 165. The smallest absolute Gasteiger partial charge is 0.264 e. The minimum atomic E-state index is -1.61. The Balaban J connectivity index is 2.68. The van der Waals surface area contributed by atoms with E-state index in [0.717, 1.165) is 0 Å². The maximum absolute atomic E-state index is 10.2. The van der Waals surface area contributed by atoms with Gasteiger partial charge in [-0.15, -0.1) is 0 Å². The Labute approximate surface area is 47.9 Å². The van der Waals surface area contributed by atoms with E-state index in [-0.39, 0.29) is 12.5 Å². The molecular weight excluding hydrogens is 130 g/mol. The first kappa shape index (κ1) is 5.36. The third kappa shape index (κ3) is 1.09. The third-order valence-electron chi connectivity index (χ3n) is 0.547. The predicted octanol–water partition coefficient (Wildman–Crippen LogP) is -0.853. The molecule has 0 spiro atoms. The summed E-state index contributed by atoms with van der Waals surface area (Å²) < 4.78 is 15.4. The fourth-order valence-corrected chi connectivity index (χ4v) is 0.758. The van der Waals surface area contributed by atoms with E-state index in [4.69, 9.17) is 0 Å². The van der Waals surface area contributed by atoms with Crippen LogP contribution in [-0.2, 0) is 16.0 Å². The van der Waals surface area contributed by atoms with Crippen molar-refractivity contribution in [2.75, 3.05) is 6.54 Å². The molecule has 44 valence electrons. The van der Waals surface area contributed by atoms with E-state index >= 15 is 0 Å². The molecule has 0 aromatic carbocycles. The molecule has 0 bridgehead atoms. The van der Waals surface area contributed by atoms with Gasteiger partial charge < -0.3 is 0 Å². The van der Waals surface area contributed by atoms with Gasteiger partial charge in [-0.1, -0.05) is 4.52 Å². The van der Waals surface area contributed by atoms with Gasteiger partial charge in [-0.05, 0) is 0 Å². The SMILES string of the molecule is O=C1CN=NS(=O)N1. The van der Waals surface area contributed by atoms with E-state index in [9.17, 15) is 9.00 Å². The van der Waals surface area contributed by atoms with E-state index < -0.39 is 11.2 Å². The molecule has 0 radical (unpaired) electrons. The minimum Gasteiger partial charge on any atom is -0.272 e. The lowest BCUT2D eigenvalue weighted by Crippen LogP contribution is -2.29. The Kier molecular flexibility index (Phi) is 1.34. The van der Waals surface area contributed by atoms with Crippen LogP contribution >= 0.6 is 0 Å². The van der Waals surface area contributed by atoms with Crippen LogP contribution in [0.25, 0.3) is 0 Å². The quantitative estimate of drug-likeness (QED) is 0.467. The summed E-state index contributed by atoms with van der Waals surface area (Å²) in [7, 11) is 0. The number of carbonyl (C=O) groups excluding carboxylic acids is 1. The number of amides is 1. The van der Waals surface area contributed by atoms with Gasteiger partial charge in [0.1, 0.15) is 6.54 Å². The molecule has 0 saturated heterocycles. The summed E-state index contributed by atoms with van der Waals surface area (Å²) in [6.07, 6.45) is 0. The van der Waals surface area contributed by atoms with Crippen LogP contribution in [0.2, 0.25) is 0 Å². The van der Waals surface area contributed by atoms with Crippen molar-refractivity contribution < 1.29 is 9.00 Å². The van der Waals surface area contributed by atoms with Gasteiger partial charge in [0.05, 0.1) is 0 Å². The average Bonchev–Trinajstić information content (AvgIpc) is 1.64. The van der Waals surface area contributed by atoms with Crippen LogP contribution in [0.3, 0.4) is 0 Å². The van der Waals surface area contributed by atoms with Crippen molar-refractivity contribution in [3.05, 3.63) is 0 Å². The van der Waals surface area contributed by atoms with Crippen molar-refractivity contribution in [2.45, 2.75) is 0 Å². The minimum absolute atomic E-state index is 0.00819. The summed E-state index contributed by atoms with van der Waals surface area (Å²) in [5, 5.41) is 3.25. The Morgan fingerprint density at radius 1 is 1.75 bits per heavy atom. The number of hydrogen-bond acceptors (Lipinski definition) is 3. The molecule has 0 aliphatic carbocycles. The zero-order valence-corrected chi connectivity index (χ0v) is 4.64. The zero-order valence-electron chi connectivity index (χ0n) is 3.83. The molecular formula is C2H3N3O2S. The first-order chi connectivity index (χ1) is 3.79. The largest absolute Gasteiger partial charge is 0.272 e. The van der Waals surface area contributed by atoms with Crippen LogP contribution in [0.15, 0.2) is 9.63 Å². The van der Waals surface area contributed by atoms with Crippen LogP contribution in [0.4, 0.5) is 0 Å². The molecule has 5 nitrogen and oxygen atoms in total. The molecule has 0 aromatic rings. The third-order valence-corrected chi connectivity index (χ3v) is 1.21. The second kappa shape index (κ2) is 1.99. The summed E-state index contributed by atoms with van der Waals surface area (Å²) in [5.74, 6) is -0.349. The zero-order chi connectivity index (χ0) is 5.98. The molecule has 1 atom stereocenters. The second-order valence-electron chi connectivity index (χ2n) is 1.16. The molecule has 8 heavy (non-hydrogen) atoms. The maximum Gasteiger partial charge on any atom is 0.264 e. The van der Waals surface area contributed by atoms with Crippen molar-refractivity contribution in [1.29, 1.82) is 0 Å². The van der Waals surface area contributed by atoms with E-state index in [1.165, 1.54) is 0 Å². The highest BCUT2D eigenvalue weighted by Crippen LogP contribution is 1.88. The highest BCUT2D eigenvalue weighted by molar-refractivity contribution is 7.82. The topological polar surface area (TPSA) is 70.9 Å². The second-order valence-corrected chi connectivity index (χ2v) is 2.02. The van der Waals surface area contributed by atoms with Crippen molar-refractivity contribution in [3.8, 4) is 0 Å². The molecule has 6 heteroatoms. The van der Waals surface area contributed by atoms with Crippen LogP contribution in [-0.4, -0.2) is 16.7 Å². The molecule has 1 unspecified atom stereocenters. The van der Waals surface area contributed by atoms with Crippen LogP contribution in [0, 0.1) is 0 Å². The maximum atomic E-state index is 10.2. The molecule has 1 heterocycles. The van der Waals surface area contributed by atoms with Gasteiger partial charge in [-0.2, -0.15) is 5.11 Å². The van der Waals surface area contributed by atoms with E-state index in [2.05, 4.69) is 14.4 Å². The molecule has 0 saturated carbocycles. The lowest BCUT2D eigenvalue weighted by molar-refractivity contribution is -0.118. The summed E-state index contributed by atoms with van der Waals surface area (Å²) in [4.78, 5) is 10.2. The van der Waals surface area contributed by atoms with Gasteiger partial charge >= 0.3 is 0 Å². The Morgan fingerprint density at radius 2 is 2.50 bits per heavy atom. The monoisotopic (exact) mass is 133 g/mol. The molecule has 1 aliphatic heterocycles. The van der Waals surface area contributed by atoms with Gasteiger partial charge in [0.15, 0.2) is 0 Å². The number of rotatable bonds is 0. The molecule has 1 amide bonds. The van der Waals surface area contributed by atoms with Gasteiger partial charge in [0.25, 0.3) is 17.1 Å². The summed E-state index contributed by atoms with van der Waals surface area (Å²) in [6, 6.07) is 0. The standard InChI is InChI=1S/C2H3N3O2S/c6-2-1-3-5-8(7)4-2/h1H2,(H,4,6). The average molecular weight is 133 g/mol. The lowest BCUT2D eigenvalue weighted by Gasteiger charge is -1.99. The Morgan fingerprint density at radius 3 is 2.88 bits per heavy atom. The lowest BCUT2D eigenvalue weighted by atomic mass is 10.7. The molecule has 0 fully saturated rings. The predicted molar refractivity (Wildman–Crippen MR) is 26.0 cm³/mol. The van der Waals surface area contributed by atoms with E-state index in [0.29, 0.717) is 0 Å². The van der Waals surface area contributed by atoms with Gasteiger partial charge in [-0.3, -0.25) is 9.52 Å². The molecule has 1 rings (SSSR count). The van der Waals surface area contributed by atoms with E-state index in [1.54, 1.807) is 0 Å². The normalized spacial score (nSPS) is 27.5. The van der Waals surface area contributed by atoms with Crippen LogP contribution < -0.4 is 4.72 Å². The highest BCUT2D eigenvalue weighted by atomic mass is 32.2. The van der Waals surface area contributed by atoms with Crippen molar-refractivity contribution in [2.24, 2.45) is 9.63 Å². The van der Waals surface area contributed by atoms with Crippen molar-refractivity contribution in [1.82, 2.24) is 4.72 Å². The Hall–Kier alpha value is -0.780. The van der Waals surface area contributed by atoms with E-state index in [1.807, 2.05) is 0 Å². The number of hydrogen-bond donors (Lipinski definition) is 1. The number of nitrogens with one attached hydrogen (secondary N) is 1. The highest BCUT2D eigenvalue weighted by Gasteiger charge is 2.08. The van der Waals surface area contributed by atoms with Crippen molar-refractivity contribution >= 4 is 17.1 Å².